The third-order valence-corrected chi connectivity index (χ3v) is 4.73. The highest BCUT2D eigenvalue weighted by Gasteiger charge is 2.39. The Bertz CT molecular complexity index is 569. The molecule has 18 heavy (non-hydrogen) atoms. The van der Waals surface area contributed by atoms with Crippen molar-refractivity contribution < 1.29 is 13.2 Å². The molecule has 1 unspecified atom stereocenters. The van der Waals surface area contributed by atoms with E-state index in [1.165, 1.54) is 12.4 Å². The van der Waals surface area contributed by atoms with Crippen LogP contribution in [0.3, 0.4) is 0 Å². The molecule has 98 valence electrons. The first-order chi connectivity index (χ1) is 8.30. The largest absolute Gasteiger partial charge is 0.382 e. The number of anilines is 1. The lowest BCUT2D eigenvalue weighted by Gasteiger charge is -2.23. The summed E-state index contributed by atoms with van der Waals surface area (Å²) in [6, 6.07) is 0. The molecule has 0 radical (unpaired) electrons. The smallest absolute Gasteiger partial charge is 0.271 e. The number of rotatable bonds is 2. The molecule has 0 bridgehead atoms. The molecule has 1 aliphatic heterocycles. The number of carbonyl (C=O) groups excluding carboxylic acids is 1. The highest BCUT2D eigenvalue weighted by atomic mass is 32.2. The van der Waals surface area contributed by atoms with Crippen molar-refractivity contribution in [2.45, 2.75) is 18.9 Å². The molecule has 2 rings (SSSR count). The monoisotopic (exact) mass is 270 g/mol. The van der Waals surface area contributed by atoms with Crippen LogP contribution in [0.15, 0.2) is 12.4 Å². The average molecular weight is 270 g/mol. The van der Waals surface area contributed by atoms with Crippen molar-refractivity contribution in [3.63, 3.8) is 0 Å². The van der Waals surface area contributed by atoms with Gasteiger partial charge in [0, 0.05) is 0 Å². The van der Waals surface area contributed by atoms with E-state index < -0.39 is 21.3 Å². The lowest BCUT2D eigenvalue weighted by molar-refractivity contribution is 0.0910. The summed E-state index contributed by atoms with van der Waals surface area (Å²) in [6.45, 7) is 1.71. The summed E-state index contributed by atoms with van der Waals surface area (Å²) < 4.78 is 22.8. The van der Waals surface area contributed by atoms with Gasteiger partial charge in [-0.1, -0.05) is 0 Å². The van der Waals surface area contributed by atoms with Gasteiger partial charge in [-0.15, -0.1) is 0 Å². The molecule has 1 amide bonds. The number of aromatic nitrogens is 2. The van der Waals surface area contributed by atoms with Crippen LogP contribution in [-0.4, -0.2) is 41.3 Å². The minimum absolute atomic E-state index is 0.0475. The van der Waals surface area contributed by atoms with Crippen LogP contribution < -0.4 is 11.1 Å². The van der Waals surface area contributed by atoms with Gasteiger partial charge in [-0.05, 0) is 13.3 Å². The van der Waals surface area contributed by atoms with Gasteiger partial charge in [0.1, 0.15) is 11.5 Å². The Labute approximate surface area is 105 Å². The van der Waals surface area contributed by atoms with Crippen LogP contribution in [-0.2, 0) is 9.84 Å². The minimum atomic E-state index is -3.06. The fourth-order valence-electron chi connectivity index (χ4n) is 1.90. The van der Waals surface area contributed by atoms with Gasteiger partial charge in [-0.2, -0.15) is 0 Å². The van der Waals surface area contributed by atoms with Gasteiger partial charge >= 0.3 is 0 Å². The summed E-state index contributed by atoms with van der Waals surface area (Å²) in [7, 11) is -3.06. The van der Waals surface area contributed by atoms with Gasteiger partial charge in [0.2, 0.25) is 0 Å². The summed E-state index contributed by atoms with van der Waals surface area (Å²) in [5.41, 5.74) is 4.75. The Kier molecular flexibility index (Phi) is 2.97. The molecule has 1 saturated heterocycles. The number of nitrogen functional groups attached to an aromatic ring is 1. The molecule has 3 N–H and O–H groups in total. The van der Waals surface area contributed by atoms with Crippen LogP contribution in [0.1, 0.15) is 23.8 Å². The van der Waals surface area contributed by atoms with Crippen molar-refractivity contribution in [3.05, 3.63) is 18.1 Å². The van der Waals surface area contributed by atoms with Crippen molar-refractivity contribution in [2.24, 2.45) is 0 Å². The zero-order chi connectivity index (χ0) is 13.4. The minimum Gasteiger partial charge on any atom is -0.382 e. The molecule has 0 saturated carbocycles. The summed E-state index contributed by atoms with van der Waals surface area (Å²) in [5, 5.41) is 2.69. The molecule has 1 aromatic heterocycles. The Balaban J connectivity index is 2.10. The standard InChI is InChI=1S/C10H14N4O3S/c1-10(2-3-18(16,17)6-10)14-9(15)7-4-13-8(11)5-12-7/h4-5H,2-3,6H2,1H3,(H2,11,13)(H,14,15). The molecular formula is C10H14N4O3S. The topological polar surface area (TPSA) is 115 Å². The van der Waals surface area contributed by atoms with Crippen LogP contribution >= 0.6 is 0 Å². The number of nitrogens with zero attached hydrogens (tertiary/aromatic N) is 2. The SMILES string of the molecule is CC1(NC(=O)c2cnc(N)cn2)CCS(=O)(=O)C1. The van der Waals surface area contributed by atoms with E-state index in [2.05, 4.69) is 15.3 Å². The maximum Gasteiger partial charge on any atom is 0.271 e. The Morgan fingerprint density at radius 2 is 2.17 bits per heavy atom. The number of hydrogen-bond acceptors (Lipinski definition) is 6. The first kappa shape index (κ1) is 12.7. The van der Waals surface area contributed by atoms with E-state index in [0.29, 0.717) is 6.42 Å². The van der Waals surface area contributed by atoms with E-state index in [-0.39, 0.29) is 23.0 Å². The number of amides is 1. The van der Waals surface area contributed by atoms with Gasteiger partial charge in [0.05, 0.1) is 29.4 Å². The molecule has 0 spiro atoms. The van der Waals surface area contributed by atoms with Crippen LogP contribution in [0, 0.1) is 0 Å². The van der Waals surface area contributed by atoms with E-state index in [9.17, 15) is 13.2 Å². The van der Waals surface area contributed by atoms with Crippen molar-refractivity contribution in [1.82, 2.24) is 15.3 Å². The Hall–Kier alpha value is -1.70. The van der Waals surface area contributed by atoms with Crippen molar-refractivity contribution in [2.75, 3.05) is 17.2 Å². The summed E-state index contributed by atoms with van der Waals surface area (Å²) in [4.78, 5) is 19.5. The number of sulfone groups is 1. The van der Waals surface area contributed by atoms with Crippen molar-refractivity contribution >= 4 is 21.6 Å². The van der Waals surface area contributed by atoms with Crippen LogP contribution in [0.4, 0.5) is 5.82 Å². The second-order valence-corrected chi connectivity index (χ2v) is 6.87. The number of hydrogen-bond donors (Lipinski definition) is 2. The Morgan fingerprint density at radius 3 is 2.67 bits per heavy atom. The third-order valence-electron chi connectivity index (χ3n) is 2.82. The molecular weight excluding hydrogens is 256 g/mol. The van der Waals surface area contributed by atoms with Crippen LogP contribution in [0.2, 0.25) is 0 Å². The van der Waals surface area contributed by atoms with Gasteiger partial charge in [-0.25, -0.2) is 18.4 Å². The van der Waals surface area contributed by atoms with Crippen LogP contribution in [0.5, 0.6) is 0 Å². The zero-order valence-corrected chi connectivity index (χ0v) is 10.7. The average Bonchev–Trinajstić information content (AvgIpc) is 2.53. The predicted octanol–water partition coefficient (Wildman–Crippen LogP) is -0.634. The second kappa shape index (κ2) is 4.20. The summed E-state index contributed by atoms with van der Waals surface area (Å²) in [6.07, 6.45) is 2.95. The second-order valence-electron chi connectivity index (χ2n) is 4.68. The summed E-state index contributed by atoms with van der Waals surface area (Å²) in [5.74, 6) is -0.172. The maximum atomic E-state index is 11.9. The number of nitrogens with two attached hydrogens (primary N) is 1. The fourth-order valence-corrected chi connectivity index (χ4v) is 4.00. The molecule has 2 heterocycles. The first-order valence-electron chi connectivity index (χ1n) is 5.40. The molecule has 0 aliphatic carbocycles. The fraction of sp³-hybridized carbons (Fsp3) is 0.500. The van der Waals surface area contributed by atoms with Crippen molar-refractivity contribution in [1.29, 1.82) is 0 Å². The normalized spacial score (nSPS) is 25.8. The van der Waals surface area contributed by atoms with Gasteiger partial charge in [-0.3, -0.25) is 4.79 Å². The lowest BCUT2D eigenvalue weighted by Crippen LogP contribution is -2.47. The first-order valence-corrected chi connectivity index (χ1v) is 7.22. The molecule has 8 heteroatoms. The van der Waals surface area contributed by atoms with Crippen LogP contribution in [0.25, 0.3) is 0 Å². The molecule has 1 aliphatic rings. The molecule has 1 atom stereocenters. The predicted molar refractivity (Wildman–Crippen MR) is 65.6 cm³/mol. The Morgan fingerprint density at radius 1 is 1.44 bits per heavy atom. The number of carbonyl (C=O) groups is 1. The molecule has 1 aromatic rings. The summed E-state index contributed by atoms with van der Waals surface area (Å²) >= 11 is 0. The van der Waals surface area contributed by atoms with Crippen molar-refractivity contribution in [3.8, 4) is 0 Å². The highest BCUT2D eigenvalue weighted by Crippen LogP contribution is 2.23. The van der Waals surface area contributed by atoms with Gasteiger partial charge < -0.3 is 11.1 Å². The van der Waals surface area contributed by atoms with Gasteiger partial charge in [0.25, 0.3) is 5.91 Å². The quantitative estimate of drug-likeness (QED) is 0.739. The van der Waals surface area contributed by atoms with E-state index in [4.69, 9.17) is 5.73 Å². The van der Waals surface area contributed by atoms with Gasteiger partial charge in [0.15, 0.2) is 9.84 Å². The molecule has 1 fully saturated rings. The van der Waals surface area contributed by atoms with E-state index in [0.717, 1.165) is 0 Å². The lowest BCUT2D eigenvalue weighted by atomic mass is 10.0. The molecule has 7 nitrogen and oxygen atoms in total. The molecule has 0 aromatic carbocycles. The zero-order valence-electron chi connectivity index (χ0n) is 9.88. The van der Waals surface area contributed by atoms with E-state index >= 15 is 0 Å². The van der Waals surface area contributed by atoms with E-state index in [1.54, 1.807) is 6.92 Å². The van der Waals surface area contributed by atoms with E-state index in [1.807, 2.05) is 0 Å². The third kappa shape index (κ3) is 2.76. The highest BCUT2D eigenvalue weighted by molar-refractivity contribution is 7.91. The number of nitrogens with one attached hydrogen (secondary N) is 1. The maximum absolute atomic E-state index is 11.9.